The normalized spacial score (nSPS) is 11.0. The van der Waals surface area contributed by atoms with Crippen LogP contribution in [0, 0.1) is 13.8 Å². The van der Waals surface area contributed by atoms with Crippen LogP contribution >= 0.6 is 0 Å². The van der Waals surface area contributed by atoms with Gasteiger partial charge in [-0.2, -0.15) is 0 Å². The number of amides is 1. The molecule has 154 valence electrons. The van der Waals surface area contributed by atoms with E-state index in [9.17, 15) is 13.2 Å². The van der Waals surface area contributed by atoms with Gasteiger partial charge in [0, 0.05) is 11.3 Å². The maximum atomic E-state index is 13.0. The van der Waals surface area contributed by atoms with E-state index in [1.807, 2.05) is 32.0 Å². The standard InChI is InChI=1S/C24H24N2O3S/c1-4-14-26(30(28,29)23-8-6-5-7-9-23)22-12-10-20(11-13-22)24(27)25-21-16-18(2)15-19(3)17-21/h4-13,15-17H,1,14H2,2-3H3,(H,25,27). The number of sulfonamides is 1. The van der Waals surface area contributed by atoms with Crippen molar-refractivity contribution in [2.45, 2.75) is 18.7 Å². The summed E-state index contributed by atoms with van der Waals surface area (Å²) in [7, 11) is -3.75. The number of nitrogens with one attached hydrogen (secondary N) is 1. The summed E-state index contributed by atoms with van der Waals surface area (Å²) < 4.78 is 27.4. The third-order valence-corrected chi connectivity index (χ3v) is 6.33. The van der Waals surface area contributed by atoms with E-state index in [0.717, 1.165) is 16.8 Å². The van der Waals surface area contributed by atoms with Crippen molar-refractivity contribution >= 4 is 27.3 Å². The Kier molecular flexibility index (Phi) is 6.37. The highest BCUT2D eigenvalue weighted by Crippen LogP contribution is 2.24. The molecule has 3 rings (SSSR count). The van der Waals surface area contributed by atoms with Gasteiger partial charge in [0.25, 0.3) is 15.9 Å². The Bertz CT molecular complexity index is 1130. The van der Waals surface area contributed by atoms with Gasteiger partial charge in [0.15, 0.2) is 0 Å². The summed E-state index contributed by atoms with van der Waals surface area (Å²) in [5.41, 5.74) is 3.75. The third-order valence-electron chi connectivity index (χ3n) is 4.52. The molecule has 0 unspecified atom stereocenters. The van der Waals surface area contributed by atoms with E-state index < -0.39 is 10.0 Å². The van der Waals surface area contributed by atoms with Gasteiger partial charge < -0.3 is 5.32 Å². The van der Waals surface area contributed by atoms with E-state index >= 15 is 0 Å². The van der Waals surface area contributed by atoms with Crippen LogP contribution in [0.1, 0.15) is 21.5 Å². The third kappa shape index (κ3) is 4.78. The molecule has 0 fully saturated rings. The zero-order valence-electron chi connectivity index (χ0n) is 17.0. The van der Waals surface area contributed by atoms with Gasteiger partial charge in [-0.3, -0.25) is 9.10 Å². The Morgan fingerprint density at radius 3 is 2.13 bits per heavy atom. The fourth-order valence-corrected chi connectivity index (χ4v) is 4.66. The van der Waals surface area contributed by atoms with E-state index in [1.165, 1.54) is 10.4 Å². The van der Waals surface area contributed by atoms with Crippen molar-refractivity contribution in [1.29, 1.82) is 0 Å². The molecule has 0 aliphatic carbocycles. The Morgan fingerprint density at radius 1 is 0.967 bits per heavy atom. The summed E-state index contributed by atoms with van der Waals surface area (Å²) in [5, 5.41) is 2.88. The smallest absolute Gasteiger partial charge is 0.264 e. The van der Waals surface area contributed by atoms with Gasteiger partial charge in [-0.1, -0.05) is 30.3 Å². The lowest BCUT2D eigenvalue weighted by atomic mass is 10.1. The van der Waals surface area contributed by atoms with Crippen LogP contribution in [-0.4, -0.2) is 20.9 Å². The first-order valence-electron chi connectivity index (χ1n) is 9.49. The SMILES string of the molecule is C=CCN(c1ccc(C(=O)Nc2cc(C)cc(C)c2)cc1)S(=O)(=O)c1ccccc1. The van der Waals surface area contributed by atoms with Gasteiger partial charge in [-0.05, 0) is 73.5 Å². The van der Waals surface area contributed by atoms with E-state index in [4.69, 9.17) is 0 Å². The van der Waals surface area contributed by atoms with Crippen LogP contribution in [0.4, 0.5) is 11.4 Å². The molecular weight excluding hydrogens is 396 g/mol. The van der Waals surface area contributed by atoms with Crippen molar-refractivity contribution in [2.75, 3.05) is 16.2 Å². The largest absolute Gasteiger partial charge is 0.322 e. The topological polar surface area (TPSA) is 66.5 Å². The van der Waals surface area contributed by atoms with E-state index in [-0.39, 0.29) is 17.3 Å². The molecule has 3 aromatic rings. The zero-order valence-corrected chi connectivity index (χ0v) is 17.8. The minimum Gasteiger partial charge on any atom is -0.322 e. The summed E-state index contributed by atoms with van der Waals surface area (Å²) in [6, 6.07) is 20.5. The molecule has 0 saturated heterocycles. The van der Waals surface area contributed by atoms with Gasteiger partial charge in [-0.25, -0.2) is 8.42 Å². The summed E-state index contributed by atoms with van der Waals surface area (Å²) in [4.78, 5) is 12.8. The summed E-state index contributed by atoms with van der Waals surface area (Å²) in [6.45, 7) is 7.73. The number of nitrogens with zero attached hydrogens (tertiary/aromatic N) is 1. The predicted octanol–water partition coefficient (Wildman–Crippen LogP) is 4.94. The van der Waals surface area contributed by atoms with Crippen molar-refractivity contribution in [3.63, 3.8) is 0 Å². The first kappa shape index (κ1) is 21.3. The second-order valence-corrected chi connectivity index (χ2v) is 8.88. The Balaban J connectivity index is 1.85. The number of carbonyl (C=O) groups is 1. The van der Waals surface area contributed by atoms with Crippen molar-refractivity contribution in [2.24, 2.45) is 0 Å². The fourth-order valence-electron chi connectivity index (χ4n) is 3.21. The second-order valence-electron chi connectivity index (χ2n) is 7.02. The molecular formula is C24H24N2O3S. The minimum absolute atomic E-state index is 0.116. The van der Waals surface area contributed by atoms with Crippen LogP contribution < -0.4 is 9.62 Å². The van der Waals surface area contributed by atoms with Gasteiger partial charge in [-0.15, -0.1) is 6.58 Å². The second kappa shape index (κ2) is 8.97. The molecule has 1 N–H and O–H groups in total. The molecule has 0 heterocycles. The quantitative estimate of drug-likeness (QED) is 0.551. The molecule has 6 heteroatoms. The number of hydrogen-bond acceptors (Lipinski definition) is 3. The average molecular weight is 421 g/mol. The van der Waals surface area contributed by atoms with Crippen LogP contribution in [0.15, 0.2) is 90.3 Å². The maximum Gasteiger partial charge on any atom is 0.264 e. The highest BCUT2D eigenvalue weighted by molar-refractivity contribution is 7.92. The number of carbonyl (C=O) groups excluding carboxylic acids is 1. The minimum atomic E-state index is -3.75. The zero-order chi connectivity index (χ0) is 21.7. The van der Waals surface area contributed by atoms with Crippen LogP contribution in [-0.2, 0) is 10.0 Å². The predicted molar refractivity (Wildman–Crippen MR) is 121 cm³/mol. The first-order chi connectivity index (χ1) is 14.3. The fraction of sp³-hybridized carbons (Fsp3) is 0.125. The summed E-state index contributed by atoms with van der Waals surface area (Å²) >= 11 is 0. The number of aryl methyl sites for hydroxylation is 2. The first-order valence-corrected chi connectivity index (χ1v) is 10.9. The molecule has 0 spiro atoms. The Morgan fingerprint density at radius 2 is 1.57 bits per heavy atom. The molecule has 1 amide bonds. The molecule has 5 nitrogen and oxygen atoms in total. The van der Waals surface area contributed by atoms with Gasteiger partial charge in [0.05, 0.1) is 17.1 Å². The van der Waals surface area contributed by atoms with Crippen molar-refractivity contribution in [3.8, 4) is 0 Å². The van der Waals surface area contributed by atoms with Crippen LogP contribution in [0.25, 0.3) is 0 Å². The van der Waals surface area contributed by atoms with Gasteiger partial charge in [0.1, 0.15) is 0 Å². The van der Waals surface area contributed by atoms with Crippen LogP contribution in [0.3, 0.4) is 0 Å². The average Bonchev–Trinajstić information content (AvgIpc) is 2.72. The molecule has 0 atom stereocenters. The monoisotopic (exact) mass is 420 g/mol. The van der Waals surface area contributed by atoms with Crippen LogP contribution in [0.5, 0.6) is 0 Å². The van der Waals surface area contributed by atoms with Crippen molar-refractivity contribution < 1.29 is 13.2 Å². The maximum absolute atomic E-state index is 13.0. The molecule has 3 aromatic carbocycles. The van der Waals surface area contributed by atoms with Gasteiger partial charge in [0.2, 0.25) is 0 Å². The molecule has 30 heavy (non-hydrogen) atoms. The van der Waals surface area contributed by atoms with Crippen molar-refractivity contribution in [3.05, 3.63) is 102 Å². The highest BCUT2D eigenvalue weighted by atomic mass is 32.2. The Hall–Kier alpha value is -3.38. The molecule has 0 aliphatic rings. The van der Waals surface area contributed by atoms with Crippen LogP contribution in [0.2, 0.25) is 0 Å². The summed E-state index contributed by atoms with van der Waals surface area (Å²) in [6.07, 6.45) is 1.53. The lowest BCUT2D eigenvalue weighted by Gasteiger charge is -2.23. The lowest BCUT2D eigenvalue weighted by Crippen LogP contribution is -2.31. The van der Waals surface area contributed by atoms with E-state index in [0.29, 0.717) is 11.3 Å². The van der Waals surface area contributed by atoms with Crippen molar-refractivity contribution in [1.82, 2.24) is 0 Å². The number of rotatable bonds is 7. The summed E-state index contributed by atoms with van der Waals surface area (Å²) in [5.74, 6) is -0.257. The number of hydrogen-bond donors (Lipinski definition) is 1. The van der Waals surface area contributed by atoms with E-state index in [1.54, 1.807) is 54.6 Å². The molecule has 0 radical (unpaired) electrons. The van der Waals surface area contributed by atoms with Gasteiger partial charge >= 0.3 is 0 Å². The molecule has 0 saturated carbocycles. The molecule has 0 aromatic heterocycles. The lowest BCUT2D eigenvalue weighted by molar-refractivity contribution is 0.102. The Labute approximate surface area is 177 Å². The molecule has 0 bridgehead atoms. The highest BCUT2D eigenvalue weighted by Gasteiger charge is 2.24. The van der Waals surface area contributed by atoms with E-state index in [2.05, 4.69) is 11.9 Å². The number of benzene rings is 3. The number of anilines is 2. The molecule has 0 aliphatic heterocycles.